The zero-order chi connectivity index (χ0) is 8.67. The maximum Gasteiger partial charge on any atom is 0.139 e. The maximum atomic E-state index is 4.30. The Bertz CT molecular complexity index is 518. The minimum atomic E-state index is 0.899. The Morgan fingerprint density at radius 3 is 2.85 bits per heavy atom. The molecule has 0 aliphatic heterocycles. The van der Waals surface area contributed by atoms with Gasteiger partial charge in [0.1, 0.15) is 5.65 Å². The van der Waals surface area contributed by atoms with Crippen LogP contribution in [-0.2, 0) is 0 Å². The highest BCUT2D eigenvalue weighted by Crippen LogP contribution is 2.20. The molecule has 0 fully saturated rings. The van der Waals surface area contributed by atoms with Crippen molar-refractivity contribution in [2.45, 2.75) is 0 Å². The van der Waals surface area contributed by atoms with E-state index < -0.39 is 0 Å². The third-order valence-electron chi connectivity index (χ3n) is 2.12. The molecule has 0 atom stereocenters. The van der Waals surface area contributed by atoms with Crippen molar-refractivity contribution in [3.63, 3.8) is 0 Å². The summed E-state index contributed by atoms with van der Waals surface area (Å²) in [5.41, 5.74) is 2.93. The Morgan fingerprint density at radius 2 is 1.85 bits per heavy atom. The van der Waals surface area contributed by atoms with Gasteiger partial charge in [-0.25, -0.2) is 4.98 Å². The minimum Gasteiger partial charge on any atom is -0.338 e. The van der Waals surface area contributed by atoms with Gasteiger partial charge in [0.15, 0.2) is 0 Å². The third kappa shape index (κ3) is 0.839. The van der Waals surface area contributed by atoms with E-state index in [1.165, 1.54) is 0 Å². The zero-order valence-electron chi connectivity index (χ0n) is 6.86. The van der Waals surface area contributed by atoms with E-state index in [-0.39, 0.29) is 0 Å². The second-order valence-electron chi connectivity index (χ2n) is 2.92. The topological polar surface area (TPSA) is 41.6 Å². The van der Waals surface area contributed by atoms with Crippen molar-refractivity contribution in [1.29, 1.82) is 0 Å². The predicted molar refractivity (Wildman–Crippen MR) is 51.4 cm³/mol. The molecule has 0 saturated carbocycles. The summed E-state index contributed by atoms with van der Waals surface area (Å²) >= 11 is 0. The smallest absolute Gasteiger partial charge is 0.139 e. The summed E-state index contributed by atoms with van der Waals surface area (Å²) in [5.74, 6) is 0. The highest BCUT2D eigenvalue weighted by molar-refractivity contribution is 6.02. The van der Waals surface area contributed by atoms with Crippen LogP contribution < -0.4 is 0 Å². The van der Waals surface area contributed by atoms with Crippen LogP contribution in [0.1, 0.15) is 0 Å². The van der Waals surface area contributed by atoms with Crippen LogP contribution in [0.25, 0.3) is 22.1 Å². The number of aromatic nitrogens is 3. The first-order valence-electron chi connectivity index (χ1n) is 4.12. The first-order chi connectivity index (χ1) is 6.45. The first-order valence-corrected chi connectivity index (χ1v) is 4.12. The van der Waals surface area contributed by atoms with Crippen molar-refractivity contribution in [1.82, 2.24) is 15.0 Å². The fourth-order valence-corrected chi connectivity index (χ4v) is 1.54. The Balaban J connectivity index is 2.64. The third-order valence-corrected chi connectivity index (χ3v) is 2.12. The second kappa shape index (κ2) is 2.29. The highest BCUT2D eigenvalue weighted by atomic mass is 14.9. The Morgan fingerprint density at radius 1 is 1.00 bits per heavy atom. The number of aromatic amines is 1. The molecule has 0 radical (unpaired) electrons. The molecule has 3 aromatic rings. The van der Waals surface area contributed by atoms with Gasteiger partial charge in [-0.1, -0.05) is 0 Å². The molecule has 3 heterocycles. The number of pyridine rings is 2. The van der Waals surface area contributed by atoms with Gasteiger partial charge in [0.25, 0.3) is 0 Å². The predicted octanol–water partition coefficient (Wildman–Crippen LogP) is 2.11. The van der Waals surface area contributed by atoms with Gasteiger partial charge in [-0.3, -0.25) is 4.98 Å². The monoisotopic (exact) mass is 169 g/mol. The van der Waals surface area contributed by atoms with E-state index >= 15 is 0 Å². The molecule has 3 nitrogen and oxygen atoms in total. The van der Waals surface area contributed by atoms with Crippen molar-refractivity contribution >= 4 is 22.1 Å². The lowest BCUT2D eigenvalue weighted by atomic mass is 10.3. The van der Waals surface area contributed by atoms with E-state index in [1.54, 1.807) is 12.4 Å². The first kappa shape index (κ1) is 6.60. The van der Waals surface area contributed by atoms with Crippen LogP contribution in [0, 0.1) is 0 Å². The van der Waals surface area contributed by atoms with Crippen LogP contribution in [0.2, 0.25) is 0 Å². The van der Waals surface area contributed by atoms with Crippen molar-refractivity contribution in [3.8, 4) is 0 Å². The fourth-order valence-electron chi connectivity index (χ4n) is 1.54. The quantitative estimate of drug-likeness (QED) is 0.560. The van der Waals surface area contributed by atoms with Crippen LogP contribution in [-0.4, -0.2) is 15.0 Å². The van der Waals surface area contributed by atoms with Gasteiger partial charge < -0.3 is 4.98 Å². The molecule has 0 saturated heterocycles. The summed E-state index contributed by atoms with van der Waals surface area (Å²) in [5, 5.41) is 1.08. The Labute approximate surface area is 74.4 Å². The lowest BCUT2D eigenvalue weighted by molar-refractivity contribution is 1.35. The Hall–Kier alpha value is -1.90. The summed E-state index contributed by atoms with van der Waals surface area (Å²) in [6, 6.07) is 7.86. The van der Waals surface area contributed by atoms with Crippen molar-refractivity contribution in [3.05, 3.63) is 36.7 Å². The molecule has 13 heavy (non-hydrogen) atoms. The minimum absolute atomic E-state index is 0.899. The lowest BCUT2D eigenvalue weighted by Gasteiger charge is -1.86. The Kier molecular flexibility index (Phi) is 1.16. The number of rotatable bonds is 0. The SMILES string of the molecule is c1cnc2c(c1)[nH]c1ncccc12. The van der Waals surface area contributed by atoms with Gasteiger partial charge in [-0.15, -0.1) is 0 Å². The maximum absolute atomic E-state index is 4.30. The summed E-state index contributed by atoms with van der Waals surface area (Å²) in [6.07, 6.45) is 3.57. The molecule has 0 aliphatic carbocycles. The molecule has 0 aliphatic rings. The number of nitrogens with one attached hydrogen (secondary N) is 1. The van der Waals surface area contributed by atoms with Crippen molar-refractivity contribution < 1.29 is 0 Å². The van der Waals surface area contributed by atoms with Gasteiger partial charge in [-0.05, 0) is 24.3 Å². The largest absolute Gasteiger partial charge is 0.338 e. The molecule has 1 N–H and O–H groups in total. The number of fused-ring (bicyclic) bond motifs is 3. The summed E-state index contributed by atoms with van der Waals surface area (Å²) in [4.78, 5) is 11.7. The molecule has 0 unspecified atom stereocenters. The summed E-state index contributed by atoms with van der Waals surface area (Å²) in [7, 11) is 0. The van der Waals surface area contributed by atoms with Crippen LogP contribution in [0.15, 0.2) is 36.7 Å². The van der Waals surface area contributed by atoms with E-state index in [2.05, 4.69) is 15.0 Å². The molecule has 3 aromatic heterocycles. The fraction of sp³-hybridized carbons (Fsp3) is 0. The molecule has 0 bridgehead atoms. The number of hydrogen-bond acceptors (Lipinski definition) is 2. The molecule has 62 valence electrons. The van der Waals surface area contributed by atoms with E-state index in [0.717, 1.165) is 22.1 Å². The normalized spacial score (nSPS) is 11.1. The van der Waals surface area contributed by atoms with Gasteiger partial charge >= 0.3 is 0 Å². The molecule has 0 spiro atoms. The molecule has 0 amide bonds. The van der Waals surface area contributed by atoms with E-state index in [4.69, 9.17) is 0 Å². The average Bonchev–Trinajstić information content (AvgIpc) is 2.56. The molecule has 0 aromatic carbocycles. The molecular formula is C10H7N3. The van der Waals surface area contributed by atoms with Gasteiger partial charge in [0.2, 0.25) is 0 Å². The molecule has 3 rings (SSSR count). The second-order valence-corrected chi connectivity index (χ2v) is 2.92. The average molecular weight is 169 g/mol. The van der Waals surface area contributed by atoms with Crippen LogP contribution in [0.5, 0.6) is 0 Å². The van der Waals surface area contributed by atoms with Crippen molar-refractivity contribution in [2.75, 3.05) is 0 Å². The van der Waals surface area contributed by atoms with Crippen LogP contribution in [0.3, 0.4) is 0 Å². The highest BCUT2D eigenvalue weighted by Gasteiger charge is 2.02. The van der Waals surface area contributed by atoms with Gasteiger partial charge in [-0.2, -0.15) is 0 Å². The van der Waals surface area contributed by atoms with Crippen LogP contribution >= 0.6 is 0 Å². The number of nitrogens with zero attached hydrogens (tertiary/aromatic N) is 2. The van der Waals surface area contributed by atoms with E-state index in [9.17, 15) is 0 Å². The van der Waals surface area contributed by atoms with E-state index in [1.807, 2.05) is 24.3 Å². The zero-order valence-corrected chi connectivity index (χ0v) is 6.86. The number of hydrogen-bond donors (Lipinski definition) is 1. The van der Waals surface area contributed by atoms with Crippen molar-refractivity contribution in [2.24, 2.45) is 0 Å². The van der Waals surface area contributed by atoms with Crippen LogP contribution in [0.4, 0.5) is 0 Å². The summed E-state index contributed by atoms with van der Waals surface area (Å²) in [6.45, 7) is 0. The standard InChI is InChI=1S/C10H7N3/c1-3-7-9-8(4-2-5-11-9)13-10(7)12-6-1/h1-6H,(H,12,13). The van der Waals surface area contributed by atoms with Gasteiger partial charge in [0, 0.05) is 17.8 Å². The van der Waals surface area contributed by atoms with E-state index in [0.29, 0.717) is 0 Å². The molecular weight excluding hydrogens is 162 g/mol. The van der Waals surface area contributed by atoms with Gasteiger partial charge in [0.05, 0.1) is 11.0 Å². The molecule has 3 heteroatoms. The summed E-state index contributed by atoms with van der Waals surface area (Å²) < 4.78 is 0. The number of H-pyrrole nitrogens is 1. The lowest BCUT2D eigenvalue weighted by Crippen LogP contribution is -1.72.